The Morgan fingerprint density at radius 3 is 2.67 bits per heavy atom. The van der Waals surface area contributed by atoms with Crippen molar-refractivity contribution in [1.82, 2.24) is 5.32 Å². The summed E-state index contributed by atoms with van der Waals surface area (Å²) in [6.45, 7) is 3.03. The standard InChI is InChI=1S/C17H21NO2S/c1-13(14-8-9-16(19)17(12-14)20-2)18-10-11-21-15-6-4-3-5-7-15/h3-9,12-13,18-19H,10-11H2,1-2H3. The molecule has 4 heteroatoms. The molecule has 2 aromatic carbocycles. The molecule has 2 aromatic rings. The van der Waals surface area contributed by atoms with Crippen LogP contribution in [-0.2, 0) is 0 Å². The van der Waals surface area contributed by atoms with Crippen LogP contribution in [0.15, 0.2) is 53.4 Å². The summed E-state index contributed by atoms with van der Waals surface area (Å²) in [7, 11) is 1.56. The van der Waals surface area contributed by atoms with Gasteiger partial charge in [-0.3, -0.25) is 0 Å². The number of aromatic hydroxyl groups is 1. The number of nitrogens with one attached hydrogen (secondary N) is 1. The Hall–Kier alpha value is -1.65. The van der Waals surface area contributed by atoms with Gasteiger partial charge in [-0.15, -0.1) is 11.8 Å². The molecule has 0 saturated carbocycles. The molecule has 1 atom stereocenters. The van der Waals surface area contributed by atoms with Gasteiger partial charge >= 0.3 is 0 Å². The van der Waals surface area contributed by atoms with Crippen LogP contribution in [0.1, 0.15) is 18.5 Å². The van der Waals surface area contributed by atoms with E-state index in [4.69, 9.17) is 4.74 Å². The van der Waals surface area contributed by atoms with Gasteiger partial charge in [-0.2, -0.15) is 0 Å². The van der Waals surface area contributed by atoms with Crippen molar-refractivity contribution >= 4 is 11.8 Å². The largest absolute Gasteiger partial charge is 0.504 e. The topological polar surface area (TPSA) is 41.5 Å². The van der Waals surface area contributed by atoms with Crippen LogP contribution in [0.3, 0.4) is 0 Å². The van der Waals surface area contributed by atoms with Gasteiger partial charge in [-0.1, -0.05) is 24.3 Å². The smallest absolute Gasteiger partial charge is 0.160 e. The van der Waals surface area contributed by atoms with Crippen molar-refractivity contribution in [2.75, 3.05) is 19.4 Å². The van der Waals surface area contributed by atoms with E-state index in [1.54, 1.807) is 13.2 Å². The van der Waals surface area contributed by atoms with E-state index in [1.165, 1.54) is 4.90 Å². The minimum Gasteiger partial charge on any atom is -0.504 e. The van der Waals surface area contributed by atoms with Crippen molar-refractivity contribution in [3.8, 4) is 11.5 Å². The van der Waals surface area contributed by atoms with Gasteiger partial charge in [0.15, 0.2) is 11.5 Å². The highest BCUT2D eigenvalue weighted by atomic mass is 32.2. The fourth-order valence-corrected chi connectivity index (χ4v) is 2.85. The number of hydrogen-bond donors (Lipinski definition) is 2. The fraction of sp³-hybridized carbons (Fsp3) is 0.294. The second kappa shape index (κ2) is 7.96. The highest BCUT2D eigenvalue weighted by molar-refractivity contribution is 7.99. The molecule has 0 radical (unpaired) electrons. The van der Waals surface area contributed by atoms with Gasteiger partial charge in [0.05, 0.1) is 7.11 Å². The SMILES string of the molecule is COc1cc(C(C)NCCSc2ccccc2)ccc1O. The summed E-state index contributed by atoms with van der Waals surface area (Å²) in [6, 6.07) is 16.1. The Balaban J connectivity index is 1.80. The van der Waals surface area contributed by atoms with Crippen LogP contribution in [-0.4, -0.2) is 24.5 Å². The zero-order chi connectivity index (χ0) is 15.1. The van der Waals surface area contributed by atoms with E-state index in [9.17, 15) is 5.11 Å². The zero-order valence-electron chi connectivity index (χ0n) is 12.4. The molecule has 0 aliphatic rings. The van der Waals surface area contributed by atoms with Gasteiger partial charge in [-0.25, -0.2) is 0 Å². The number of thioether (sulfide) groups is 1. The molecule has 0 aliphatic carbocycles. The highest BCUT2D eigenvalue weighted by Crippen LogP contribution is 2.28. The number of ether oxygens (including phenoxy) is 1. The lowest BCUT2D eigenvalue weighted by molar-refractivity contribution is 0.372. The molecule has 0 aromatic heterocycles. The van der Waals surface area contributed by atoms with Crippen LogP contribution in [0.25, 0.3) is 0 Å². The minimum atomic E-state index is 0.174. The van der Waals surface area contributed by atoms with E-state index in [0.717, 1.165) is 17.9 Å². The Kier molecular flexibility index (Phi) is 5.96. The first-order valence-electron chi connectivity index (χ1n) is 6.99. The van der Waals surface area contributed by atoms with Crippen molar-refractivity contribution in [3.05, 3.63) is 54.1 Å². The number of methoxy groups -OCH3 is 1. The molecule has 0 heterocycles. The maximum Gasteiger partial charge on any atom is 0.160 e. The number of rotatable bonds is 7. The average Bonchev–Trinajstić information content (AvgIpc) is 2.53. The molecule has 0 amide bonds. The van der Waals surface area contributed by atoms with Crippen molar-refractivity contribution in [3.63, 3.8) is 0 Å². The maximum absolute atomic E-state index is 9.61. The van der Waals surface area contributed by atoms with Gasteiger partial charge in [0.2, 0.25) is 0 Å². The van der Waals surface area contributed by atoms with E-state index in [2.05, 4.69) is 36.5 Å². The quantitative estimate of drug-likeness (QED) is 0.602. The second-order valence-corrected chi connectivity index (χ2v) is 5.94. The first-order chi connectivity index (χ1) is 10.2. The number of phenolic OH excluding ortho intramolecular Hbond substituents is 1. The summed E-state index contributed by atoms with van der Waals surface area (Å²) in [6.07, 6.45) is 0. The molecule has 3 nitrogen and oxygen atoms in total. The number of hydrogen-bond acceptors (Lipinski definition) is 4. The Morgan fingerprint density at radius 1 is 1.19 bits per heavy atom. The van der Waals surface area contributed by atoms with Gasteiger partial charge in [0.1, 0.15) is 0 Å². The summed E-state index contributed by atoms with van der Waals surface area (Å²) >= 11 is 1.84. The van der Waals surface area contributed by atoms with Gasteiger partial charge in [0.25, 0.3) is 0 Å². The molecule has 0 fully saturated rings. The molecule has 0 spiro atoms. The molecule has 21 heavy (non-hydrogen) atoms. The highest BCUT2D eigenvalue weighted by Gasteiger charge is 2.08. The predicted molar refractivity (Wildman–Crippen MR) is 88.2 cm³/mol. The van der Waals surface area contributed by atoms with Crippen molar-refractivity contribution in [2.24, 2.45) is 0 Å². The summed E-state index contributed by atoms with van der Waals surface area (Å²) in [5.41, 5.74) is 1.11. The van der Waals surface area contributed by atoms with Crippen LogP contribution in [0.5, 0.6) is 11.5 Å². The van der Waals surface area contributed by atoms with E-state index in [0.29, 0.717) is 5.75 Å². The van der Waals surface area contributed by atoms with E-state index < -0.39 is 0 Å². The van der Waals surface area contributed by atoms with E-state index >= 15 is 0 Å². The third-order valence-electron chi connectivity index (χ3n) is 3.27. The first kappa shape index (κ1) is 15.7. The van der Waals surface area contributed by atoms with E-state index in [1.807, 2.05) is 30.0 Å². The Morgan fingerprint density at radius 2 is 1.95 bits per heavy atom. The van der Waals surface area contributed by atoms with Crippen LogP contribution in [0.2, 0.25) is 0 Å². The normalized spacial score (nSPS) is 12.1. The Bertz CT molecular complexity index is 560. The average molecular weight is 303 g/mol. The third-order valence-corrected chi connectivity index (χ3v) is 4.28. The van der Waals surface area contributed by atoms with Crippen LogP contribution >= 0.6 is 11.8 Å². The fourth-order valence-electron chi connectivity index (χ4n) is 2.04. The lowest BCUT2D eigenvalue weighted by atomic mass is 10.1. The molecule has 112 valence electrons. The number of benzene rings is 2. The summed E-state index contributed by atoms with van der Waals surface area (Å²) in [4.78, 5) is 1.29. The molecule has 0 aliphatic heterocycles. The monoisotopic (exact) mass is 303 g/mol. The molecule has 2 rings (SSSR count). The number of phenols is 1. The van der Waals surface area contributed by atoms with Crippen molar-refractivity contribution < 1.29 is 9.84 Å². The maximum atomic E-state index is 9.61. The predicted octanol–water partition coefficient (Wildman–Crippen LogP) is 3.84. The molecule has 0 bridgehead atoms. The summed E-state index contributed by atoms with van der Waals surface area (Å²) in [5, 5.41) is 13.1. The van der Waals surface area contributed by atoms with Crippen molar-refractivity contribution in [2.45, 2.75) is 17.9 Å². The molecular formula is C17H21NO2S. The third kappa shape index (κ3) is 4.69. The summed E-state index contributed by atoms with van der Waals surface area (Å²) in [5.74, 6) is 1.71. The zero-order valence-corrected chi connectivity index (χ0v) is 13.2. The van der Waals surface area contributed by atoms with Crippen molar-refractivity contribution in [1.29, 1.82) is 0 Å². The Labute approximate surface area is 130 Å². The lowest BCUT2D eigenvalue weighted by Gasteiger charge is -2.15. The van der Waals surface area contributed by atoms with Crippen LogP contribution in [0, 0.1) is 0 Å². The minimum absolute atomic E-state index is 0.174. The second-order valence-electron chi connectivity index (χ2n) is 4.77. The molecule has 1 unspecified atom stereocenters. The van der Waals surface area contributed by atoms with Gasteiger partial charge in [-0.05, 0) is 36.8 Å². The summed E-state index contributed by atoms with van der Waals surface area (Å²) < 4.78 is 5.14. The van der Waals surface area contributed by atoms with Gasteiger partial charge in [0, 0.05) is 23.2 Å². The molecule has 2 N–H and O–H groups in total. The van der Waals surface area contributed by atoms with Crippen LogP contribution in [0.4, 0.5) is 0 Å². The lowest BCUT2D eigenvalue weighted by Crippen LogP contribution is -2.21. The first-order valence-corrected chi connectivity index (χ1v) is 7.97. The molecule has 0 saturated heterocycles. The van der Waals surface area contributed by atoms with E-state index in [-0.39, 0.29) is 11.8 Å². The van der Waals surface area contributed by atoms with Crippen LogP contribution < -0.4 is 10.1 Å². The van der Waals surface area contributed by atoms with Gasteiger partial charge < -0.3 is 15.2 Å². The molecular weight excluding hydrogens is 282 g/mol.